The van der Waals surface area contributed by atoms with Crippen LogP contribution in [0, 0.1) is 5.41 Å². The smallest absolute Gasteiger partial charge is 0.315 e. The number of carbonyl (C=O) groups excluding carboxylic acids is 1. The number of carboxylic acids is 1. The first kappa shape index (κ1) is 16.8. The Morgan fingerprint density at radius 3 is 2.55 bits per heavy atom. The van der Waals surface area contributed by atoms with Gasteiger partial charge in [-0.1, -0.05) is 20.3 Å². The normalized spacial score (nSPS) is 22.1. The highest BCUT2D eigenvalue weighted by molar-refractivity contribution is 5.75. The lowest BCUT2D eigenvalue weighted by Crippen LogP contribution is -2.52. The van der Waals surface area contributed by atoms with Crippen LogP contribution in [0.1, 0.15) is 66.2 Å². The average Bonchev–Trinajstić information content (AvgIpc) is 2.24. The summed E-state index contributed by atoms with van der Waals surface area (Å²) in [4.78, 5) is 22.6. The molecule has 5 heteroatoms. The fourth-order valence-corrected chi connectivity index (χ4v) is 2.83. The van der Waals surface area contributed by atoms with Crippen molar-refractivity contribution in [3.63, 3.8) is 0 Å². The average molecular weight is 284 g/mol. The van der Waals surface area contributed by atoms with E-state index in [1.165, 1.54) is 6.42 Å². The van der Waals surface area contributed by atoms with Crippen LogP contribution in [0.4, 0.5) is 4.79 Å². The minimum atomic E-state index is -0.839. The van der Waals surface area contributed by atoms with Crippen molar-refractivity contribution in [2.24, 2.45) is 5.41 Å². The summed E-state index contributed by atoms with van der Waals surface area (Å²) >= 11 is 0. The molecule has 0 aliphatic heterocycles. The Kier molecular flexibility index (Phi) is 5.42. The van der Waals surface area contributed by atoms with Crippen molar-refractivity contribution in [3.05, 3.63) is 0 Å². The maximum Gasteiger partial charge on any atom is 0.315 e. The Morgan fingerprint density at radius 2 is 2.00 bits per heavy atom. The highest BCUT2D eigenvalue weighted by atomic mass is 16.4. The standard InChI is InChI=1S/C15H28N2O3/c1-14(2)8-5-6-11(10-14)16-13(20)17-15(3,4)9-7-12(18)19/h11H,5-10H2,1-4H3,(H,18,19)(H2,16,17,20). The third kappa shape index (κ3) is 6.26. The van der Waals surface area contributed by atoms with Crippen molar-refractivity contribution >= 4 is 12.0 Å². The molecule has 5 nitrogen and oxygen atoms in total. The number of rotatable bonds is 5. The second kappa shape index (κ2) is 6.46. The molecule has 0 aromatic carbocycles. The zero-order valence-electron chi connectivity index (χ0n) is 13.1. The van der Waals surface area contributed by atoms with E-state index in [1.807, 2.05) is 13.8 Å². The number of carbonyl (C=O) groups is 2. The molecular weight excluding hydrogens is 256 g/mol. The molecule has 1 rings (SSSR count). The molecule has 3 N–H and O–H groups in total. The molecule has 1 aliphatic rings. The molecule has 1 atom stereocenters. The summed E-state index contributed by atoms with van der Waals surface area (Å²) in [5, 5.41) is 14.6. The van der Waals surface area contributed by atoms with E-state index in [0.717, 1.165) is 19.3 Å². The van der Waals surface area contributed by atoms with Crippen LogP contribution < -0.4 is 10.6 Å². The lowest BCUT2D eigenvalue weighted by molar-refractivity contribution is -0.137. The minimum Gasteiger partial charge on any atom is -0.481 e. The molecular formula is C15H28N2O3. The van der Waals surface area contributed by atoms with Crippen LogP contribution in [0.2, 0.25) is 0 Å². The summed E-state index contributed by atoms with van der Waals surface area (Å²) in [7, 11) is 0. The van der Waals surface area contributed by atoms with Crippen LogP contribution in [0.25, 0.3) is 0 Å². The monoisotopic (exact) mass is 284 g/mol. The van der Waals surface area contributed by atoms with Crippen LogP contribution in [0.3, 0.4) is 0 Å². The Balaban J connectivity index is 2.40. The predicted molar refractivity (Wildman–Crippen MR) is 78.7 cm³/mol. The number of urea groups is 1. The van der Waals surface area contributed by atoms with E-state index in [9.17, 15) is 9.59 Å². The van der Waals surface area contributed by atoms with Gasteiger partial charge in [-0.25, -0.2) is 4.79 Å². The van der Waals surface area contributed by atoms with Crippen molar-refractivity contribution in [1.82, 2.24) is 10.6 Å². The van der Waals surface area contributed by atoms with Crippen molar-refractivity contribution in [1.29, 1.82) is 0 Å². The summed E-state index contributed by atoms with van der Waals surface area (Å²) < 4.78 is 0. The van der Waals surface area contributed by atoms with E-state index in [1.54, 1.807) is 0 Å². The van der Waals surface area contributed by atoms with Crippen LogP contribution in [-0.2, 0) is 4.79 Å². The number of aliphatic carboxylic acids is 1. The van der Waals surface area contributed by atoms with Gasteiger partial charge in [0.25, 0.3) is 0 Å². The fraction of sp³-hybridized carbons (Fsp3) is 0.867. The zero-order valence-corrected chi connectivity index (χ0v) is 13.1. The van der Waals surface area contributed by atoms with Gasteiger partial charge in [0.05, 0.1) is 0 Å². The van der Waals surface area contributed by atoms with Gasteiger partial charge in [-0.05, 0) is 44.9 Å². The molecule has 2 amide bonds. The van der Waals surface area contributed by atoms with Crippen molar-refractivity contribution in [2.45, 2.75) is 77.8 Å². The van der Waals surface area contributed by atoms with E-state index in [0.29, 0.717) is 6.42 Å². The molecule has 0 aromatic rings. The first-order valence-electron chi connectivity index (χ1n) is 7.40. The molecule has 0 saturated heterocycles. The summed E-state index contributed by atoms with van der Waals surface area (Å²) in [6, 6.07) is 0.0251. The first-order valence-corrected chi connectivity index (χ1v) is 7.40. The maximum absolute atomic E-state index is 12.0. The van der Waals surface area contributed by atoms with Crippen LogP contribution in [0.15, 0.2) is 0 Å². The van der Waals surface area contributed by atoms with Crippen molar-refractivity contribution in [3.8, 4) is 0 Å². The van der Waals surface area contributed by atoms with E-state index in [4.69, 9.17) is 5.11 Å². The third-order valence-electron chi connectivity index (χ3n) is 3.96. The van der Waals surface area contributed by atoms with Gasteiger partial charge in [-0.2, -0.15) is 0 Å². The molecule has 0 heterocycles. The summed E-state index contributed by atoms with van der Waals surface area (Å²) in [6.45, 7) is 8.16. The summed E-state index contributed by atoms with van der Waals surface area (Å²) in [6.07, 6.45) is 4.84. The van der Waals surface area contributed by atoms with Crippen molar-refractivity contribution < 1.29 is 14.7 Å². The van der Waals surface area contributed by atoms with Crippen LogP contribution in [-0.4, -0.2) is 28.7 Å². The number of carboxylic acid groups (broad SMARTS) is 1. The topological polar surface area (TPSA) is 78.4 Å². The Hall–Kier alpha value is -1.26. The zero-order chi connectivity index (χ0) is 15.4. The summed E-state index contributed by atoms with van der Waals surface area (Å²) in [5.41, 5.74) is -0.221. The van der Waals surface area contributed by atoms with Gasteiger partial charge in [0, 0.05) is 18.0 Å². The quantitative estimate of drug-likeness (QED) is 0.726. The van der Waals surface area contributed by atoms with Gasteiger partial charge in [0.15, 0.2) is 0 Å². The Morgan fingerprint density at radius 1 is 1.35 bits per heavy atom. The SMILES string of the molecule is CC1(C)CCCC(NC(=O)NC(C)(C)CCC(=O)O)C1. The van der Waals surface area contributed by atoms with Crippen LogP contribution in [0.5, 0.6) is 0 Å². The van der Waals surface area contributed by atoms with Gasteiger partial charge in [-0.3, -0.25) is 4.79 Å². The van der Waals surface area contributed by atoms with Gasteiger partial charge < -0.3 is 15.7 Å². The number of hydrogen-bond acceptors (Lipinski definition) is 2. The van der Waals surface area contributed by atoms with Gasteiger partial charge in [0.1, 0.15) is 0 Å². The molecule has 1 aliphatic carbocycles. The van der Waals surface area contributed by atoms with E-state index in [2.05, 4.69) is 24.5 Å². The van der Waals surface area contributed by atoms with Crippen LogP contribution >= 0.6 is 0 Å². The lowest BCUT2D eigenvalue weighted by atomic mass is 9.75. The predicted octanol–water partition coefficient (Wildman–Crippen LogP) is 2.90. The molecule has 20 heavy (non-hydrogen) atoms. The second-order valence-electron chi connectivity index (χ2n) is 7.33. The molecule has 0 spiro atoms. The Labute approximate surface area is 121 Å². The third-order valence-corrected chi connectivity index (χ3v) is 3.96. The molecule has 0 bridgehead atoms. The highest BCUT2D eigenvalue weighted by Crippen LogP contribution is 2.35. The molecule has 0 aromatic heterocycles. The lowest BCUT2D eigenvalue weighted by Gasteiger charge is -2.36. The fourth-order valence-electron chi connectivity index (χ4n) is 2.83. The molecule has 0 radical (unpaired) electrons. The van der Waals surface area contributed by atoms with Gasteiger partial charge in [-0.15, -0.1) is 0 Å². The number of nitrogens with one attached hydrogen (secondary N) is 2. The Bertz CT molecular complexity index is 364. The van der Waals surface area contributed by atoms with E-state index in [-0.39, 0.29) is 23.9 Å². The second-order valence-corrected chi connectivity index (χ2v) is 7.33. The number of amides is 2. The highest BCUT2D eigenvalue weighted by Gasteiger charge is 2.30. The minimum absolute atomic E-state index is 0.0593. The summed E-state index contributed by atoms with van der Waals surface area (Å²) in [5.74, 6) is -0.839. The molecule has 1 fully saturated rings. The van der Waals surface area contributed by atoms with E-state index < -0.39 is 11.5 Å². The maximum atomic E-state index is 12.0. The van der Waals surface area contributed by atoms with Gasteiger partial charge in [0.2, 0.25) is 0 Å². The number of hydrogen-bond donors (Lipinski definition) is 3. The van der Waals surface area contributed by atoms with Crippen molar-refractivity contribution in [2.75, 3.05) is 0 Å². The molecule has 116 valence electrons. The molecule has 1 saturated carbocycles. The largest absolute Gasteiger partial charge is 0.481 e. The van der Waals surface area contributed by atoms with E-state index >= 15 is 0 Å². The van der Waals surface area contributed by atoms with Gasteiger partial charge >= 0.3 is 12.0 Å². The molecule has 1 unspecified atom stereocenters. The first-order chi connectivity index (χ1) is 9.10.